The SMILES string of the molecule is Cc1nc2c(OCc3c(F)ccc(F)c3F)cccn2c1-c1nc2c(c(C(=O)NCCC(F)(F)F)n1)C(C)(C)C(=O)N2. The Morgan fingerprint density at radius 3 is 2.52 bits per heavy atom. The van der Waals surface area contributed by atoms with Gasteiger partial charge in [0.25, 0.3) is 5.91 Å². The molecule has 42 heavy (non-hydrogen) atoms. The summed E-state index contributed by atoms with van der Waals surface area (Å²) in [5.74, 6) is -5.07. The lowest BCUT2D eigenvalue weighted by Gasteiger charge is -2.18. The zero-order valence-electron chi connectivity index (χ0n) is 22.3. The lowest BCUT2D eigenvalue weighted by molar-refractivity contribution is -0.133. The molecule has 9 nitrogen and oxygen atoms in total. The molecule has 0 bridgehead atoms. The third-order valence-electron chi connectivity index (χ3n) is 6.75. The Kier molecular flexibility index (Phi) is 7.07. The van der Waals surface area contributed by atoms with Crippen LogP contribution in [0, 0.1) is 24.4 Å². The number of carbonyl (C=O) groups is 2. The number of alkyl halides is 3. The van der Waals surface area contributed by atoms with Crippen LogP contribution in [0.5, 0.6) is 5.75 Å². The fourth-order valence-electron chi connectivity index (χ4n) is 4.58. The Bertz CT molecular complexity index is 1750. The Balaban J connectivity index is 1.56. The predicted octanol–water partition coefficient (Wildman–Crippen LogP) is 5.01. The van der Waals surface area contributed by atoms with Gasteiger partial charge in [-0.3, -0.25) is 14.0 Å². The Morgan fingerprint density at radius 1 is 1.10 bits per heavy atom. The highest BCUT2D eigenvalue weighted by Gasteiger charge is 2.44. The van der Waals surface area contributed by atoms with E-state index in [9.17, 15) is 35.9 Å². The van der Waals surface area contributed by atoms with E-state index in [4.69, 9.17) is 4.74 Å². The highest BCUT2D eigenvalue weighted by molar-refractivity contribution is 6.09. The molecule has 0 saturated carbocycles. The van der Waals surface area contributed by atoms with E-state index in [1.807, 2.05) is 0 Å². The minimum atomic E-state index is -4.50. The summed E-state index contributed by atoms with van der Waals surface area (Å²) < 4.78 is 87.0. The summed E-state index contributed by atoms with van der Waals surface area (Å²) in [4.78, 5) is 39.0. The second-order valence-electron chi connectivity index (χ2n) is 10.0. The van der Waals surface area contributed by atoms with Gasteiger partial charge in [0.2, 0.25) is 5.91 Å². The van der Waals surface area contributed by atoms with Crippen molar-refractivity contribution in [3.05, 3.63) is 70.4 Å². The van der Waals surface area contributed by atoms with Gasteiger partial charge in [-0.15, -0.1) is 0 Å². The molecule has 0 saturated heterocycles. The Labute approximate surface area is 233 Å². The minimum Gasteiger partial charge on any atom is -0.485 e. The average Bonchev–Trinajstić information content (AvgIpc) is 3.36. The number of ether oxygens (including phenoxy) is 1. The third-order valence-corrected chi connectivity index (χ3v) is 6.75. The number of aryl methyl sites for hydroxylation is 1. The molecule has 0 fully saturated rings. The quantitative estimate of drug-likeness (QED) is 0.231. The van der Waals surface area contributed by atoms with Crippen molar-refractivity contribution in [3.8, 4) is 17.3 Å². The fraction of sp³-hybridized carbons (Fsp3) is 0.296. The molecule has 0 unspecified atom stereocenters. The normalized spacial score (nSPS) is 14.2. The lowest BCUT2D eigenvalue weighted by atomic mass is 9.85. The number of halogens is 6. The van der Waals surface area contributed by atoms with Crippen LogP contribution in [-0.2, 0) is 16.8 Å². The number of imidazole rings is 1. The second kappa shape index (κ2) is 10.3. The van der Waals surface area contributed by atoms with Crippen LogP contribution in [0.1, 0.15) is 47.6 Å². The molecule has 220 valence electrons. The number of hydrogen-bond donors (Lipinski definition) is 2. The monoisotopic (exact) mass is 592 g/mol. The van der Waals surface area contributed by atoms with Gasteiger partial charge in [0.15, 0.2) is 28.9 Å². The van der Waals surface area contributed by atoms with Crippen LogP contribution in [0.25, 0.3) is 17.2 Å². The molecule has 3 aromatic heterocycles. The molecule has 1 aromatic carbocycles. The van der Waals surface area contributed by atoms with Crippen molar-refractivity contribution in [2.75, 3.05) is 11.9 Å². The summed E-state index contributed by atoms with van der Waals surface area (Å²) in [6.45, 7) is 3.27. The van der Waals surface area contributed by atoms with E-state index in [1.54, 1.807) is 13.1 Å². The number of aromatic nitrogens is 4. The summed E-state index contributed by atoms with van der Waals surface area (Å²) in [7, 11) is 0. The number of amides is 2. The zero-order chi connectivity index (χ0) is 30.6. The smallest absolute Gasteiger partial charge is 0.390 e. The maximum absolute atomic E-state index is 14.1. The molecule has 4 heterocycles. The van der Waals surface area contributed by atoms with Gasteiger partial charge in [-0.25, -0.2) is 28.1 Å². The fourth-order valence-corrected chi connectivity index (χ4v) is 4.58. The molecule has 0 atom stereocenters. The Morgan fingerprint density at radius 2 is 1.81 bits per heavy atom. The number of pyridine rings is 1. The topological polar surface area (TPSA) is 111 Å². The van der Waals surface area contributed by atoms with Crippen LogP contribution in [0.3, 0.4) is 0 Å². The number of nitrogens with zero attached hydrogens (tertiary/aromatic N) is 4. The van der Waals surface area contributed by atoms with Crippen molar-refractivity contribution in [1.82, 2.24) is 24.7 Å². The summed E-state index contributed by atoms with van der Waals surface area (Å²) in [6, 6.07) is 4.42. The molecular weight excluding hydrogens is 570 g/mol. The number of rotatable bonds is 7. The minimum absolute atomic E-state index is 0.00906. The Hall–Kier alpha value is -4.69. The largest absolute Gasteiger partial charge is 0.485 e. The number of nitrogens with one attached hydrogen (secondary N) is 2. The van der Waals surface area contributed by atoms with Crippen molar-refractivity contribution in [1.29, 1.82) is 0 Å². The number of carbonyl (C=O) groups excluding carboxylic acids is 2. The van der Waals surface area contributed by atoms with E-state index in [1.165, 1.54) is 30.4 Å². The molecule has 5 rings (SSSR count). The molecule has 0 spiro atoms. The van der Waals surface area contributed by atoms with Gasteiger partial charge in [0.05, 0.1) is 23.1 Å². The summed E-state index contributed by atoms with van der Waals surface area (Å²) in [5.41, 5.74) is -1.34. The first-order valence-electron chi connectivity index (χ1n) is 12.5. The van der Waals surface area contributed by atoms with Crippen molar-refractivity contribution in [2.45, 2.75) is 45.4 Å². The summed E-state index contributed by atoms with van der Waals surface area (Å²) in [5, 5.41) is 4.79. The van der Waals surface area contributed by atoms with E-state index >= 15 is 0 Å². The van der Waals surface area contributed by atoms with Crippen molar-refractivity contribution in [3.63, 3.8) is 0 Å². The number of hydrogen-bond acceptors (Lipinski definition) is 6. The highest BCUT2D eigenvalue weighted by atomic mass is 19.4. The molecule has 4 aromatic rings. The molecular formula is C27H22F6N6O3. The van der Waals surface area contributed by atoms with Gasteiger partial charge in [-0.1, -0.05) is 0 Å². The van der Waals surface area contributed by atoms with Crippen molar-refractivity contribution in [2.24, 2.45) is 0 Å². The van der Waals surface area contributed by atoms with Gasteiger partial charge in [0.1, 0.15) is 29.6 Å². The van der Waals surface area contributed by atoms with Gasteiger partial charge >= 0.3 is 6.18 Å². The maximum atomic E-state index is 14.1. The lowest BCUT2D eigenvalue weighted by Crippen LogP contribution is -2.33. The van der Waals surface area contributed by atoms with Crippen LogP contribution in [0.15, 0.2) is 30.5 Å². The standard InChI is InChI=1S/C27H22F6N6O3/c1-12-20(39-10-4-5-16(23(39)35-12)42-11-13-14(28)6-7-15(29)18(13)30)22-36-19(24(40)34-9-8-27(31,32)33)17-21(37-22)38-25(41)26(17,2)3/h4-7,10H,8-9,11H2,1-3H3,(H,34,40)(H,36,37,38,41). The van der Waals surface area contributed by atoms with E-state index in [0.717, 1.165) is 6.07 Å². The van der Waals surface area contributed by atoms with E-state index in [0.29, 0.717) is 11.8 Å². The number of fused-ring (bicyclic) bond motifs is 2. The molecule has 1 aliphatic heterocycles. The van der Waals surface area contributed by atoms with Gasteiger partial charge in [0, 0.05) is 18.3 Å². The van der Waals surface area contributed by atoms with Gasteiger partial charge in [-0.05, 0) is 45.0 Å². The van der Waals surface area contributed by atoms with Crippen LogP contribution >= 0.6 is 0 Å². The van der Waals surface area contributed by atoms with Crippen molar-refractivity contribution < 1.29 is 40.7 Å². The predicted molar refractivity (Wildman–Crippen MR) is 136 cm³/mol. The first kappa shape index (κ1) is 28.8. The number of benzene rings is 1. The van der Waals surface area contributed by atoms with Gasteiger partial charge in [-0.2, -0.15) is 13.2 Å². The summed E-state index contributed by atoms with van der Waals surface area (Å²) in [6.07, 6.45) is -4.22. The van der Waals surface area contributed by atoms with Crippen LogP contribution < -0.4 is 15.4 Å². The van der Waals surface area contributed by atoms with Crippen molar-refractivity contribution >= 4 is 23.3 Å². The first-order chi connectivity index (χ1) is 19.7. The van der Waals surface area contributed by atoms with Crippen LogP contribution in [-0.4, -0.2) is 43.9 Å². The molecule has 0 radical (unpaired) electrons. The second-order valence-corrected chi connectivity index (χ2v) is 10.0. The highest BCUT2D eigenvalue weighted by Crippen LogP contribution is 2.40. The van der Waals surface area contributed by atoms with E-state index in [-0.39, 0.29) is 40.0 Å². The van der Waals surface area contributed by atoms with Gasteiger partial charge < -0.3 is 15.4 Å². The van der Waals surface area contributed by atoms with E-state index in [2.05, 4.69) is 25.6 Å². The first-order valence-corrected chi connectivity index (χ1v) is 12.5. The van der Waals surface area contributed by atoms with E-state index < -0.39 is 66.0 Å². The molecule has 1 aliphatic rings. The summed E-state index contributed by atoms with van der Waals surface area (Å²) >= 11 is 0. The van der Waals surface area contributed by atoms with Crippen LogP contribution in [0.4, 0.5) is 32.2 Å². The maximum Gasteiger partial charge on any atom is 0.390 e. The number of anilines is 1. The third kappa shape index (κ3) is 5.10. The average molecular weight is 593 g/mol. The molecule has 2 amide bonds. The molecule has 2 N–H and O–H groups in total. The molecule has 0 aliphatic carbocycles. The zero-order valence-corrected chi connectivity index (χ0v) is 22.3. The van der Waals surface area contributed by atoms with Crippen LogP contribution in [0.2, 0.25) is 0 Å². The molecule has 15 heteroatoms.